The first-order chi connectivity index (χ1) is 27.3. The van der Waals surface area contributed by atoms with E-state index in [1.54, 1.807) is 0 Å². The number of rotatable bonds is 46. The number of unbranched alkanes of at least 4 members (excludes halogenated alkanes) is 35. The number of carbonyl (C=O) groups excluding carboxylic acids is 2. The molecule has 0 aromatic carbocycles. The van der Waals surface area contributed by atoms with Crippen LogP contribution in [0.15, 0.2) is 0 Å². The maximum absolute atomic E-state index is 12.5. The van der Waals surface area contributed by atoms with Crippen molar-refractivity contribution in [2.45, 2.75) is 270 Å². The zero-order valence-electron chi connectivity index (χ0n) is 37.3. The minimum absolute atomic E-state index is 0.216. The molecule has 0 fully saturated rings. The molecule has 0 aliphatic heterocycles. The molecule has 0 spiro atoms. The Morgan fingerprint density at radius 1 is 0.429 bits per heavy atom. The SMILES string of the molecule is CCCCCCCCCCCCCCCCCCCCCCCCCCC(=O)OC(COC(=O)CCCCCCCCCCCCCCC)COP(=O)(O)OC. The molecule has 0 aromatic rings. The van der Waals surface area contributed by atoms with Gasteiger partial charge in [0.1, 0.15) is 6.61 Å². The summed E-state index contributed by atoms with van der Waals surface area (Å²) in [5.74, 6) is -0.784. The van der Waals surface area contributed by atoms with Crippen molar-refractivity contribution in [2.24, 2.45) is 0 Å². The summed E-state index contributed by atoms with van der Waals surface area (Å²) >= 11 is 0. The van der Waals surface area contributed by atoms with Crippen molar-refractivity contribution >= 4 is 19.8 Å². The van der Waals surface area contributed by atoms with Gasteiger partial charge in [0.15, 0.2) is 6.10 Å². The molecule has 8 nitrogen and oxygen atoms in total. The van der Waals surface area contributed by atoms with Gasteiger partial charge in [0.05, 0.1) is 6.61 Å². The molecule has 0 heterocycles. The highest BCUT2D eigenvalue weighted by atomic mass is 31.2. The first kappa shape index (κ1) is 55.0. The fraction of sp³-hybridized carbons (Fsp3) is 0.957. The van der Waals surface area contributed by atoms with E-state index in [0.717, 1.165) is 45.6 Å². The van der Waals surface area contributed by atoms with Gasteiger partial charge >= 0.3 is 19.8 Å². The molecule has 334 valence electrons. The van der Waals surface area contributed by atoms with Gasteiger partial charge < -0.3 is 14.4 Å². The molecule has 56 heavy (non-hydrogen) atoms. The second-order valence-electron chi connectivity index (χ2n) is 16.6. The summed E-state index contributed by atoms with van der Waals surface area (Å²) in [5, 5.41) is 0. The van der Waals surface area contributed by atoms with Crippen molar-refractivity contribution in [3.8, 4) is 0 Å². The highest BCUT2D eigenvalue weighted by molar-refractivity contribution is 7.47. The average molecular weight is 817 g/mol. The Balaban J connectivity index is 3.82. The lowest BCUT2D eigenvalue weighted by Gasteiger charge is -2.19. The van der Waals surface area contributed by atoms with Crippen LogP contribution in [0.3, 0.4) is 0 Å². The number of phosphoric ester groups is 1. The second-order valence-corrected chi connectivity index (χ2v) is 18.2. The van der Waals surface area contributed by atoms with Crippen LogP contribution in [-0.4, -0.2) is 43.3 Å². The Kier molecular flexibility index (Phi) is 42.9. The topological polar surface area (TPSA) is 108 Å². The number of esters is 2. The lowest BCUT2D eigenvalue weighted by atomic mass is 10.0. The summed E-state index contributed by atoms with van der Waals surface area (Å²) in [5.41, 5.74) is 0. The molecule has 0 aliphatic carbocycles. The van der Waals surface area contributed by atoms with E-state index in [0.29, 0.717) is 6.42 Å². The van der Waals surface area contributed by atoms with Crippen molar-refractivity contribution < 1.29 is 37.6 Å². The Hall–Kier alpha value is -0.950. The molecule has 0 aromatic heterocycles. The van der Waals surface area contributed by atoms with E-state index in [-0.39, 0.29) is 19.0 Å². The number of carbonyl (C=O) groups is 2. The standard InChI is InChI=1S/C47H93O8P/c1-4-6-8-10-12-14-16-18-19-20-21-22-23-24-25-26-27-28-30-32-34-36-38-40-42-47(49)55-45(44-54-56(50,51)52-3)43-53-46(48)41-39-37-35-33-31-29-17-15-13-11-9-7-5-2/h45H,4-44H2,1-3H3,(H,50,51). The van der Waals surface area contributed by atoms with Crippen molar-refractivity contribution in [3.05, 3.63) is 0 Å². The van der Waals surface area contributed by atoms with E-state index in [2.05, 4.69) is 18.4 Å². The van der Waals surface area contributed by atoms with E-state index in [9.17, 15) is 19.0 Å². The van der Waals surface area contributed by atoms with Crippen LogP contribution in [0, 0.1) is 0 Å². The maximum Gasteiger partial charge on any atom is 0.472 e. The molecule has 1 N–H and O–H groups in total. The molecule has 0 rings (SSSR count). The average Bonchev–Trinajstić information content (AvgIpc) is 3.19. The molecule has 0 saturated carbocycles. The summed E-state index contributed by atoms with van der Waals surface area (Å²) in [7, 11) is -3.19. The van der Waals surface area contributed by atoms with E-state index >= 15 is 0 Å². The van der Waals surface area contributed by atoms with E-state index < -0.39 is 26.5 Å². The van der Waals surface area contributed by atoms with E-state index in [1.807, 2.05) is 0 Å². The number of ether oxygens (including phenoxy) is 2. The van der Waals surface area contributed by atoms with Crippen LogP contribution in [0.1, 0.15) is 264 Å². The lowest BCUT2D eigenvalue weighted by molar-refractivity contribution is -0.161. The smallest absolute Gasteiger partial charge is 0.462 e. The Morgan fingerprint density at radius 3 is 0.982 bits per heavy atom. The largest absolute Gasteiger partial charge is 0.472 e. The normalized spacial score (nSPS) is 13.1. The number of hydrogen-bond acceptors (Lipinski definition) is 7. The van der Waals surface area contributed by atoms with Crippen LogP contribution < -0.4 is 0 Å². The van der Waals surface area contributed by atoms with Gasteiger partial charge in [0.25, 0.3) is 0 Å². The maximum atomic E-state index is 12.5. The molecule has 0 aliphatic rings. The summed E-state index contributed by atoms with van der Waals surface area (Å²) < 4.78 is 32.1. The minimum Gasteiger partial charge on any atom is -0.462 e. The van der Waals surface area contributed by atoms with Gasteiger partial charge in [-0.15, -0.1) is 0 Å². The zero-order valence-corrected chi connectivity index (χ0v) is 38.2. The molecule has 9 heteroatoms. The molecule has 0 radical (unpaired) electrons. The first-order valence-electron chi connectivity index (χ1n) is 24.2. The van der Waals surface area contributed by atoms with Crippen molar-refractivity contribution in [1.82, 2.24) is 0 Å². The van der Waals surface area contributed by atoms with Crippen molar-refractivity contribution in [2.75, 3.05) is 20.3 Å². The van der Waals surface area contributed by atoms with Gasteiger partial charge in [0.2, 0.25) is 0 Å². The zero-order chi connectivity index (χ0) is 41.1. The molecular weight excluding hydrogens is 723 g/mol. The van der Waals surface area contributed by atoms with E-state index in [1.165, 1.54) is 199 Å². The van der Waals surface area contributed by atoms with Gasteiger partial charge in [-0.1, -0.05) is 239 Å². The van der Waals surface area contributed by atoms with Crippen LogP contribution in [0.25, 0.3) is 0 Å². The summed E-state index contributed by atoms with van der Waals surface area (Å²) in [6.07, 6.45) is 47.4. The monoisotopic (exact) mass is 817 g/mol. The number of hydrogen-bond donors (Lipinski definition) is 1. The van der Waals surface area contributed by atoms with Gasteiger partial charge in [-0.05, 0) is 12.8 Å². The number of phosphoric acid groups is 1. The van der Waals surface area contributed by atoms with Crippen LogP contribution in [0.5, 0.6) is 0 Å². The summed E-state index contributed by atoms with van der Waals surface area (Å²) in [6, 6.07) is 0. The predicted octanol–water partition coefficient (Wildman–Crippen LogP) is 15.5. The van der Waals surface area contributed by atoms with Gasteiger partial charge in [0, 0.05) is 20.0 Å². The van der Waals surface area contributed by atoms with Crippen molar-refractivity contribution in [1.29, 1.82) is 0 Å². The molecule has 0 saturated heterocycles. The van der Waals surface area contributed by atoms with E-state index in [4.69, 9.17) is 14.0 Å². The highest BCUT2D eigenvalue weighted by Crippen LogP contribution is 2.42. The summed E-state index contributed by atoms with van der Waals surface area (Å²) in [4.78, 5) is 34.5. The van der Waals surface area contributed by atoms with Gasteiger partial charge in [-0.2, -0.15) is 0 Å². The summed E-state index contributed by atoms with van der Waals surface area (Å²) in [6.45, 7) is 3.93. The van der Waals surface area contributed by atoms with Crippen molar-refractivity contribution in [3.63, 3.8) is 0 Å². The van der Waals surface area contributed by atoms with Crippen LogP contribution in [0.4, 0.5) is 0 Å². The third-order valence-corrected chi connectivity index (χ3v) is 12.0. The highest BCUT2D eigenvalue weighted by Gasteiger charge is 2.24. The molecule has 0 bridgehead atoms. The molecular formula is C47H93O8P. The first-order valence-corrected chi connectivity index (χ1v) is 25.7. The minimum atomic E-state index is -4.26. The Bertz CT molecular complexity index is 884. The molecule has 2 unspecified atom stereocenters. The third-order valence-electron chi connectivity index (χ3n) is 11.1. The van der Waals surface area contributed by atoms with Crippen LogP contribution >= 0.6 is 7.82 Å². The molecule has 0 amide bonds. The fourth-order valence-electron chi connectivity index (χ4n) is 7.37. The fourth-order valence-corrected chi connectivity index (χ4v) is 7.83. The lowest BCUT2D eigenvalue weighted by Crippen LogP contribution is -2.29. The molecule has 2 atom stereocenters. The Labute approximate surface area is 347 Å². The third kappa shape index (κ3) is 42.7. The quantitative estimate of drug-likeness (QED) is 0.0368. The van der Waals surface area contributed by atoms with Gasteiger partial charge in [-0.25, -0.2) is 4.57 Å². The Morgan fingerprint density at radius 2 is 0.696 bits per heavy atom. The van der Waals surface area contributed by atoms with Crippen LogP contribution in [0.2, 0.25) is 0 Å². The second kappa shape index (κ2) is 43.6. The predicted molar refractivity (Wildman–Crippen MR) is 235 cm³/mol. The van der Waals surface area contributed by atoms with Crippen LogP contribution in [-0.2, 0) is 32.7 Å². The van der Waals surface area contributed by atoms with Gasteiger partial charge in [-0.3, -0.25) is 18.6 Å².